The summed E-state index contributed by atoms with van der Waals surface area (Å²) in [5.74, 6) is -0.599. The number of halogens is 2. The average Bonchev–Trinajstić information content (AvgIpc) is 2.87. The highest BCUT2D eigenvalue weighted by Crippen LogP contribution is 2.50. The zero-order chi connectivity index (χ0) is 14.3. The second kappa shape index (κ2) is 4.47. The van der Waals surface area contributed by atoms with Crippen LogP contribution >= 0.6 is 0 Å². The van der Waals surface area contributed by atoms with Crippen molar-refractivity contribution in [3.63, 3.8) is 0 Å². The number of alkyl halides is 1. The van der Waals surface area contributed by atoms with E-state index in [2.05, 4.69) is 5.32 Å². The number of alkyl carbamates (subject to hydrolysis) is 1. The summed E-state index contributed by atoms with van der Waals surface area (Å²) in [7, 11) is 0. The summed E-state index contributed by atoms with van der Waals surface area (Å²) >= 11 is 0. The van der Waals surface area contributed by atoms with Gasteiger partial charge in [0.15, 0.2) is 5.67 Å². The van der Waals surface area contributed by atoms with Crippen LogP contribution in [0.2, 0.25) is 0 Å². The third-order valence-corrected chi connectivity index (χ3v) is 2.91. The van der Waals surface area contributed by atoms with Crippen LogP contribution < -0.4 is 5.32 Å². The van der Waals surface area contributed by atoms with Gasteiger partial charge in [-0.2, -0.15) is 0 Å². The Bertz CT molecular complexity index is 498. The van der Waals surface area contributed by atoms with Crippen LogP contribution in [-0.2, 0) is 10.4 Å². The molecule has 19 heavy (non-hydrogen) atoms. The van der Waals surface area contributed by atoms with Gasteiger partial charge in [-0.15, -0.1) is 0 Å². The second-order valence-electron chi connectivity index (χ2n) is 5.75. The summed E-state index contributed by atoms with van der Waals surface area (Å²) < 4.78 is 33.0. The lowest BCUT2D eigenvalue weighted by molar-refractivity contribution is 0.0510. The van der Waals surface area contributed by atoms with Crippen molar-refractivity contribution < 1.29 is 18.3 Å². The summed E-state index contributed by atoms with van der Waals surface area (Å²) in [5, 5.41) is 2.42. The van der Waals surface area contributed by atoms with E-state index in [4.69, 9.17) is 4.74 Å². The molecule has 0 radical (unpaired) electrons. The first-order valence-electron chi connectivity index (χ1n) is 6.16. The van der Waals surface area contributed by atoms with E-state index in [0.29, 0.717) is 0 Å². The van der Waals surface area contributed by atoms with E-state index in [1.54, 1.807) is 26.8 Å². The van der Waals surface area contributed by atoms with Gasteiger partial charge in [0, 0.05) is 12.0 Å². The van der Waals surface area contributed by atoms with Crippen LogP contribution in [0.25, 0.3) is 0 Å². The molecular formula is C14H17F2NO2. The Hall–Kier alpha value is -1.65. The van der Waals surface area contributed by atoms with Gasteiger partial charge in [0.25, 0.3) is 0 Å². The molecule has 104 valence electrons. The third kappa shape index (κ3) is 3.03. The van der Waals surface area contributed by atoms with Crippen LogP contribution in [0, 0.1) is 5.82 Å². The van der Waals surface area contributed by atoms with Crippen molar-refractivity contribution in [3.8, 4) is 0 Å². The molecule has 1 saturated carbocycles. The van der Waals surface area contributed by atoms with Crippen molar-refractivity contribution in [2.24, 2.45) is 0 Å². The van der Waals surface area contributed by atoms with Gasteiger partial charge in [0.05, 0.1) is 6.04 Å². The monoisotopic (exact) mass is 269 g/mol. The standard InChI is InChI=1S/C14H17F2NO2/c1-13(2,3)19-12(18)17-11-8-14(11,16)9-6-4-5-7-10(9)15/h4-7,11H,8H2,1-3H3,(H,17,18). The number of rotatable bonds is 2. The molecule has 3 nitrogen and oxygen atoms in total. The Morgan fingerprint density at radius 3 is 2.63 bits per heavy atom. The molecule has 1 aromatic rings. The molecule has 2 rings (SSSR count). The Labute approximate surface area is 111 Å². The first kappa shape index (κ1) is 13.8. The highest BCUT2D eigenvalue weighted by molar-refractivity contribution is 5.69. The number of hydrogen-bond donors (Lipinski definition) is 1. The van der Waals surface area contributed by atoms with Crippen molar-refractivity contribution >= 4 is 6.09 Å². The second-order valence-corrected chi connectivity index (χ2v) is 5.75. The lowest BCUT2D eigenvalue weighted by atomic mass is 10.1. The fourth-order valence-corrected chi connectivity index (χ4v) is 1.95. The molecule has 5 heteroatoms. The smallest absolute Gasteiger partial charge is 0.407 e. The zero-order valence-electron chi connectivity index (χ0n) is 11.2. The molecule has 0 saturated heterocycles. The number of nitrogens with one attached hydrogen (secondary N) is 1. The van der Waals surface area contributed by atoms with Gasteiger partial charge in [-0.1, -0.05) is 18.2 Å². The van der Waals surface area contributed by atoms with Crippen LogP contribution in [0.5, 0.6) is 0 Å². The molecule has 2 atom stereocenters. The molecule has 0 aliphatic heterocycles. The molecule has 1 aliphatic carbocycles. The maximum atomic E-state index is 14.4. The number of benzene rings is 1. The molecule has 0 aromatic heterocycles. The van der Waals surface area contributed by atoms with Gasteiger partial charge in [0.1, 0.15) is 11.4 Å². The first-order chi connectivity index (χ1) is 8.72. The van der Waals surface area contributed by atoms with Crippen molar-refractivity contribution in [2.45, 2.75) is 44.5 Å². The van der Waals surface area contributed by atoms with Crippen molar-refractivity contribution in [3.05, 3.63) is 35.6 Å². The SMILES string of the molecule is CC(C)(C)OC(=O)NC1CC1(F)c1ccccc1F. The van der Waals surface area contributed by atoms with E-state index in [-0.39, 0.29) is 12.0 Å². The Morgan fingerprint density at radius 1 is 1.42 bits per heavy atom. The predicted molar refractivity (Wildman–Crippen MR) is 67.0 cm³/mol. The molecule has 1 fully saturated rings. The molecule has 1 amide bonds. The fraction of sp³-hybridized carbons (Fsp3) is 0.500. The summed E-state index contributed by atoms with van der Waals surface area (Å²) in [5.41, 5.74) is -2.49. The molecule has 0 spiro atoms. The Kier molecular flexibility index (Phi) is 3.24. The molecule has 1 aromatic carbocycles. The predicted octanol–water partition coefficient (Wildman–Crippen LogP) is 3.29. The topological polar surface area (TPSA) is 38.3 Å². The third-order valence-electron chi connectivity index (χ3n) is 2.91. The van der Waals surface area contributed by atoms with Crippen LogP contribution in [0.1, 0.15) is 32.8 Å². The molecule has 1 aliphatic rings. The summed E-state index contributed by atoms with van der Waals surface area (Å²) in [4.78, 5) is 11.5. The molecular weight excluding hydrogens is 252 g/mol. The van der Waals surface area contributed by atoms with E-state index in [9.17, 15) is 13.6 Å². The lowest BCUT2D eigenvalue weighted by Gasteiger charge is -2.20. The lowest BCUT2D eigenvalue weighted by Crippen LogP contribution is -2.35. The van der Waals surface area contributed by atoms with Gasteiger partial charge in [0.2, 0.25) is 0 Å². The van der Waals surface area contributed by atoms with Crippen LogP contribution in [0.3, 0.4) is 0 Å². The van der Waals surface area contributed by atoms with Gasteiger partial charge in [-0.05, 0) is 26.8 Å². The minimum atomic E-state index is -1.83. The molecule has 0 bridgehead atoms. The van der Waals surface area contributed by atoms with E-state index >= 15 is 0 Å². The molecule has 1 N–H and O–H groups in total. The maximum absolute atomic E-state index is 14.4. The number of carbonyl (C=O) groups is 1. The van der Waals surface area contributed by atoms with Crippen molar-refractivity contribution in [2.75, 3.05) is 0 Å². The van der Waals surface area contributed by atoms with Gasteiger partial charge in [-0.3, -0.25) is 0 Å². The number of ether oxygens (including phenoxy) is 1. The van der Waals surface area contributed by atoms with E-state index < -0.39 is 29.2 Å². The number of carbonyl (C=O) groups excluding carboxylic acids is 1. The minimum Gasteiger partial charge on any atom is -0.444 e. The Morgan fingerprint density at radius 2 is 2.05 bits per heavy atom. The normalized spacial score (nSPS) is 25.8. The number of amides is 1. The minimum absolute atomic E-state index is 0.0175. The van der Waals surface area contributed by atoms with Gasteiger partial charge >= 0.3 is 6.09 Å². The van der Waals surface area contributed by atoms with E-state index in [1.807, 2.05) is 0 Å². The summed E-state index contributed by atoms with van der Waals surface area (Å²) in [6.45, 7) is 5.16. The Balaban J connectivity index is 2.00. The fourth-order valence-electron chi connectivity index (χ4n) is 1.95. The van der Waals surface area contributed by atoms with Crippen LogP contribution in [0.4, 0.5) is 13.6 Å². The van der Waals surface area contributed by atoms with E-state index in [1.165, 1.54) is 18.2 Å². The largest absolute Gasteiger partial charge is 0.444 e. The highest BCUT2D eigenvalue weighted by Gasteiger charge is 2.59. The van der Waals surface area contributed by atoms with Gasteiger partial charge < -0.3 is 10.1 Å². The highest BCUT2D eigenvalue weighted by atomic mass is 19.2. The molecule has 2 unspecified atom stereocenters. The zero-order valence-corrected chi connectivity index (χ0v) is 11.2. The van der Waals surface area contributed by atoms with Crippen LogP contribution in [0.15, 0.2) is 24.3 Å². The maximum Gasteiger partial charge on any atom is 0.407 e. The van der Waals surface area contributed by atoms with Crippen molar-refractivity contribution in [1.82, 2.24) is 5.32 Å². The average molecular weight is 269 g/mol. The summed E-state index contributed by atoms with van der Waals surface area (Å²) in [6, 6.07) is 4.94. The summed E-state index contributed by atoms with van der Waals surface area (Å²) in [6.07, 6.45) is -0.624. The quantitative estimate of drug-likeness (QED) is 0.894. The van der Waals surface area contributed by atoms with Crippen molar-refractivity contribution in [1.29, 1.82) is 0 Å². The van der Waals surface area contributed by atoms with Gasteiger partial charge in [-0.25, -0.2) is 13.6 Å². The number of hydrogen-bond acceptors (Lipinski definition) is 2. The first-order valence-corrected chi connectivity index (χ1v) is 6.16. The molecule has 0 heterocycles. The van der Waals surface area contributed by atoms with Crippen LogP contribution in [-0.4, -0.2) is 17.7 Å². The van der Waals surface area contributed by atoms with E-state index in [0.717, 1.165) is 0 Å².